The van der Waals surface area contributed by atoms with Crippen LogP contribution in [0.15, 0.2) is 0 Å². The lowest BCUT2D eigenvalue weighted by molar-refractivity contribution is 0.128. The van der Waals surface area contributed by atoms with Gasteiger partial charge in [0.15, 0.2) is 0 Å². The molecule has 2 nitrogen and oxygen atoms in total. The van der Waals surface area contributed by atoms with Crippen molar-refractivity contribution in [1.82, 2.24) is 0 Å². The summed E-state index contributed by atoms with van der Waals surface area (Å²) >= 11 is 1.93. The minimum absolute atomic E-state index is 0.210. The molecule has 4 unspecified atom stereocenters. The SMILES string of the molecule is CCCCCCC(CSCC(CCCCCC)C(C)O)C(C)O. The molecular formula is C20H42O2S. The van der Waals surface area contributed by atoms with Crippen molar-refractivity contribution in [1.29, 1.82) is 0 Å². The average molecular weight is 347 g/mol. The van der Waals surface area contributed by atoms with E-state index in [4.69, 9.17) is 0 Å². The van der Waals surface area contributed by atoms with Gasteiger partial charge in [0.25, 0.3) is 0 Å². The number of hydrogen-bond acceptors (Lipinski definition) is 3. The lowest BCUT2D eigenvalue weighted by Crippen LogP contribution is -2.22. The lowest BCUT2D eigenvalue weighted by Gasteiger charge is -2.23. The molecule has 0 aliphatic rings. The van der Waals surface area contributed by atoms with Gasteiger partial charge in [-0.25, -0.2) is 0 Å². The fourth-order valence-corrected chi connectivity index (χ4v) is 4.60. The fourth-order valence-electron chi connectivity index (χ4n) is 2.96. The number of rotatable bonds is 16. The summed E-state index contributed by atoms with van der Waals surface area (Å²) in [7, 11) is 0. The zero-order valence-corrected chi connectivity index (χ0v) is 16.9. The molecule has 3 heteroatoms. The summed E-state index contributed by atoms with van der Waals surface area (Å²) in [6.07, 6.45) is 12.1. The molecule has 0 aromatic rings. The molecule has 0 aromatic heterocycles. The average Bonchev–Trinajstić information content (AvgIpc) is 2.51. The Labute approximate surface area is 149 Å². The van der Waals surface area contributed by atoms with Crippen molar-refractivity contribution in [2.75, 3.05) is 11.5 Å². The summed E-state index contributed by atoms with van der Waals surface area (Å²) in [4.78, 5) is 0. The molecule has 0 heterocycles. The normalized spacial score (nSPS) is 17.0. The van der Waals surface area contributed by atoms with Crippen molar-refractivity contribution in [3.63, 3.8) is 0 Å². The Kier molecular flexibility index (Phi) is 16.0. The van der Waals surface area contributed by atoms with Crippen LogP contribution < -0.4 is 0 Å². The Morgan fingerprint density at radius 2 is 1.04 bits per heavy atom. The smallest absolute Gasteiger partial charge is 0.0548 e. The fraction of sp³-hybridized carbons (Fsp3) is 1.00. The highest BCUT2D eigenvalue weighted by Gasteiger charge is 2.18. The second-order valence-electron chi connectivity index (χ2n) is 7.24. The van der Waals surface area contributed by atoms with Crippen molar-refractivity contribution >= 4 is 11.8 Å². The summed E-state index contributed by atoms with van der Waals surface area (Å²) in [5, 5.41) is 20.0. The molecular weight excluding hydrogens is 304 g/mol. The molecule has 23 heavy (non-hydrogen) atoms. The van der Waals surface area contributed by atoms with Crippen LogP contribution in [0.4, 0.5) is 0 Å². The van der Waals surface area contributed by atoms with Crippen LogP contribution in [-0.2, 0) is 0 Å². The highest BCUT2D eigenvalue weighted by Crippen LogP contribution is 2.24. The van der Waals surface area contributed by atoms with E-state index in [0.717, 1.165) is 24.3 Å². The molecule has 0 bridgehead atoms. The summed E-state index contributed by atoms with van der Waals surface area (Å²) < 4.78 is 0. The Morgan fingerprint density at radius 1 is 0.652 bits per heavy atom. The van der Waals surface area contributed by atoms with E-state index in [1.807, 2.05) is 25.6 Å². The van der Waals surface area contributed by atoms with Crippen LogP contribution in [0.2, 0.25) is 0 Å². The van der Waals surface area contributed by atoms with Gasteiger partial charge in [0.05, 0.1) is 12.2 Å². The summed E-state index contributed by atoms with van der Waals surface area (Å²) in [6, 6.07) is 0. The monoisotopic (exact) mass is 346 g/mol. The van der Waals surface area contributed by atoms with Gasteiger partial charge in [-0.15, -0.1) is 0 Å². The molecule has 140 valence electrons. The highest BCUT2D eigenvalue weighted by atomic mass is 32.2. The van der Waals surface area contributed by atoms with Crippen LogP contribution in [0, 0.1) is 11.8 Å². The number of hydrogen-bond donors (Lipinski definition) is 2. The second kappa shape index (κ2) is 15.8. The lowest BCUT2D eigenvalue weighted by atomic mass is 9.98. The Balaban J connectivity index is 4.00. The maximum Gasteiger partial charge on any atom is 0.0548 e. The molecule has 0 amide bonds. The molecule has 0 fully saturated rings. The van der Waals surface area contributed by atoms with Crippen molar-refractivity contribution in [3.8, 4) is 0 Å². The van der Waals surface area contributed by atoms with E-state index in [1.165, 1.54) is 51.4 Å². The number of unbranched alkanes of at least 4 members (excludes halogenated alkanes) is 6. The first-order valence-corrected chi connectivity index (χ1v) is 11.1. The van der Waals surface area contributed by atoms with Crippen molar-refractivity contribution in [2.45, 2.75) is 104 Å². The first-order valence-electron chi connectivity index (χ1n) is 9.96. The van der Waals surface area contributed by atoms with Gasteiger partial charge in [-0.2, -0.15) is 11.8 Å². The van der Waals surface area contributed by atoms with E-state index in [1.54, 1.807) is 0 Å². The van der Waals surface area contributed by atoms with Crippen LogP contribution in [0.5, 0.6) is 0 Å². The van der Waals surface area contributed by atoms with Gasteiger partial charge in [-0.1, -0.05) is 65.2 Å². The topological polar surface area (TPSA) is 40.5 Å². The first-order chi connectivity index (χ1) is 11.0. The molecule has 0 saturated carbocycles. The van der Waals surface area contributed by atoms with Crippen LogP contribution in [0.1, 0.15) is 91.9 Å². The van der Waals surface area contributed by atoms with E-state index in [0.29, 0.717) is 11.8 Å². The number of thioether (sulfide) groups is 1. The standard InChI is InChI=1S/C20H42O2S/c1-5-7-9-11-13-19(17(3)21)15-23-16-20(18(4)22)14-12-10-8-6-2/h17-22H,5-16H2,1-4H3. The summed E-state index contributed by atoms with van der Waals surface area (Å²) in [6.45, 7) is 8.33. The third-order valence-electron chi connectivity index (χ3n) is 4.89. The highest BCUT2D eigenvalue weighted by molar-refractivity contribution is 7.99. The van der Waals surface area contributed by atoms with Crippen LogP contribution in [-0.4, -0.2) is 33.9 Å². The Morgan fingerprint density at radius 3 is 1.35 bits per heavy atom. The molecule has 0 aromatic carbocycles. The van der Waals surface area contributed by atoms with Gasteiger partial charge in [0.2, 0.25) is 0 Å². The minimum Gasteiger partial charge on any atom is -0.393 e. The van der Waals surface area contributed by atoms with Gasteiger partial charge in [0, 0.05) is 0 Å². The van der Waals surface area contributed by atoms with Crippen LogP contribution >= 0.6 is 11.8 Å². The second-order valence-corrected chi connectivity index (χ2v) is 8.31. The van der Waals surface area contributed by atoms with Crippen LogP contribution in [0.3, 0.4) is 0 Å². The van der Waals surface area contributed by atoms with Gasteiger partial charge < -0.3 is 10.2 Å². The van der Waals surface area contributed by atoms with Crippen molar-refractivity contribution in [2.24, 2.45) is 11.8 Å². The van der Waals surface area contributed by atoms with E-state index in [9.17, 15) is 10.2 Å². The van der Waals surface area contributed by atoms with E-state index >= 15 is 0 Å². The zero-order chi connectivity index (χ0) is 17.5. The minimum atomic E-state index is -0.210. The Bertz CT molecular complexity index is 220. The molecule has 0 spiro atoms. The Hall–Kier alpha value is 0.270. The van der Waals surface area contributed by atoms with Gasteiger partial charge >= 0.3 is 0 Å². The molecule has 2 N–H and O–H groups in total. The number of aliphatic hydroxyl groups is 2. The first kappa shape index (κ1) is 23.3. The summed E-state index contributed by atoms with van der Waals surface area (Å²) in [5.74, 6) is 2.88. The predicted molar refractivity (Wildman–Crippen MR) is 105 cm³/mol. The largest absolute Gasteiger partial charge is 0.393 e. The van der Waals surface area contributed by atoms with E-state index in [2.05, 4.69) is 13.8 Å². The molecule has 0 aliphatic carbocycles. The predicted octanol–water partition coefficient (Wildman–Crippen LogP) is 5.65. The van der Waals surface area contributed by atoms with Gasteiger partial charge in [0.1, 0.15) is 0 Å². The maximum absolute atomic E-state index is 9.98. The third-order valence-corrected chi connectivity index (χ3v) is 6.21. The van der Waals surface area contributed by atoms with Crippen molar-refractivity contribution in [3.05, 3.63) is 0 Å². The summed E-state index contributed by atoms with van der Waals surface area (Å²) in [5.41, 5.74) is 0. The van der Waals surface area contributed by atoms with E-state index < -0.39 is 0 Å². The van der Waals surface area contributed by atoms with Crippen LogP contribution in [0.25, 0.3) is 0 Å². The molecule has 0 rings (SSSR count). The van der Waals surface area contributed by atoms with E-state index in [-0.39, 0.29) is 12.2 Å². The molecule has 0 saturated heterocycles. The zero-order valence-electron chi connectivity index (χ0n) is 16.1. The molecule has 4 atom stereocenters. The third kappa shape index (κ3) is 13.3. The van der Waals surface area contributed by atoms with Gasteiger partial charge in [-0.3, -0.25) is 0 Å². The molecule has 0 aliphatic heterocycles. The van der Waals surface area contributed by atoms with Crippen molar-refractivity contribution < 1.29 is 10.2 Å². The quantitative estimate of drug-likeness (QED) is 0.355. The number of aliphatic hydroxyl groups excluding tert-OH is 2. The molecule has 0 radical (unpaired) electrons. The van der Waals surface area contributed by atoms with Gasteiger partial charge in [-0.05, 0) is 50.0 Å². The maximum atomic E-state index is 9.98.